The fourth-order valence-electron chi connectivity index (χ4n) is 7.53. The molecule has 0 spiro atoms. The lowest BCUT2D eigenvalue weighted by molar-refractivity contribution is -0.140. The summed E-state index contributed by atoms with van der Waals surface area (Å²) in [7, 11) is 1.96. The maximum Gasteiger partial charge on any atom is 0.246 e. The largest absolute Gasteiger partial charge is 0.388 e. The SMILES string of the molecule is CN1C(=O)C=C[C@]2(C)[C@H]3CC[C@]4(C)[C@@H](O)C(=Cc5ccccc5Cl)C[C@H]4[C@@H]3CC[C@@H]12. The van der Waals surface area contributed by atoms with Crippen LogP contribution in [-0.4, -0.2) is 35.1 Å². The Kier molecular flexibility index (Phi) is 4.72. The molecular weight excluding hydrogens is 394 g/mol. The Bertz CT molecular complexity index is 939. The van der Waals surface area contributed by atoms with Crippen LogP contribution in [-0.2, 0) is 4.79 Å². The topological polar surface area (TPSA) is 40.5 Å². The zero-order valence-corrected chi connectivity index (χ0v) is 18.9. The quantitative estimate of drug-likeness (QED) is 0.660. The lowest BCUT2D eigenvalue weighted by Gasteiger charge is -2.59. The number of nitrogens with zero attached hydrogens (tertiary/aromatic N) is 1. The Hall–Kier alpha value is -1.58. The number of hydrogen-bond donors (Lipinski definition) is 1. The van der Waals surface area contributed by atoms with Crippen LogP contribution in [0.5, 0.6) is 0 Å². The van der Waals surface area contributed by atoms with E-state index in [-0.39, 0.29) is 16.7 Å². The third-order valence-corrected chi connectivity index (χ3v) is 9.59. The van der Waals surface area contributed by atoms with Crippen molar-refractivity contribution in [3.63, 3.8) is 0 Å². The third-order valence-electron chi connectivity index (χ3n) is 9.24. The molecule has 5 rings (SSSR count). The third kappa shape index (κ3) is 2.78. The number of carbonyl (C=O) groups excluding carboxylic acids is 1. The van der Waals surface area contributed by atoms with Crippen LogP contribution in [0.15, 0.2) is 42.0 Å². The summed E-state index contributed by atoms with van der Waals surface area (Å²) in [4.78, 5) is 14.2. The molecule has 1 N–H and O–H groups in total. The van der Waals surface area contributed by atoms with Crippen LogP contribution < -0.4 is 0 Å². The Morgan fingerprint density at radius 3 is 2.70 bits per heavy atom. The van der Waals surface area contributed by atoms with Crippen LogP contribution in [0.4, 0.5) is 0 Å². The number of aliphatic hydroxyl groups excluding tert-OH is 1. The van der Waals surface area contributed by atoms with Crippen molar-refractivity contribution < 1.29 is 9.90 Å². The Labute approximate surface area is 184 Å². The summed E-state index contributed by atoms with van der Waals surface area (Å²) >= 11 is 6.40. The van der Waals surface area contributed by atoms with Gasteiger partial charge >= 0.3 is 0 Å². The van der Waals surface area contributed by atoms with Gasteiger partial charge in [0.15, 0.2) is 0 Å². The van der Waals surface area contributed by atoms with Crippen molar-refractivity contribution in [2.75, 3.05) is 7.05 Å². The highest BCUT2D eigenvalue weighted by Gasteiger charge is 2.61. The van der Waals surface area contributed by atoms with Gasteiger partial charge in [-0.15, -0.1) is 0 Å². The summed E-state index contributed by atoms with van der Waals surface area (Å²) in [5.41, 5.74) is 2.10. The predicted molar refractivity (Wildman–Crippen MR) is 121 cm³/mol. The minimum atomic E-state index is -0.406. The number of fused-ring (bicyclic) bond motifs is 5. The number of benzene rings is 1. The summed E-state index contributed by atoms with van der Waals surface area (Å²) in [6, 6.07) is 8.18. The van der Waals surface area contributed by atoms with Crippen molar-refractivity contribution in [3.05, 3.63) is 52.6 Å². The lowest BCUT2D eigenvalue weighted by Crippen LogP contribution is -2.59. The molecule has 0 unspecified atom stereocenters. The molecular formula is C26H32ClNO2. The van der Waals surface area contributed by atoms with Crippen molar-refractivity contribution in [3.8, 4) is 0 Å². The highest BCUT2D eigenvalue weighted by molar-refractivity contribution is 6.32. The van der Waals surface area contributed by atoms with Crippen molar-refractivity contribution in [1.29, 1.82) is 0 Å². The van der Waals surface area contributed by atoms with E-state index in [0.717, 1.165) is 48.3 Å². The fraction of sp³-hybridized carbons (Fsp3) is 0.577. The van der Waals surface area contributed by atoms with Crippen LogP contribution in [0.2, 0.25) is 5.02 Å². The van der Waals surface area contributed by atoms with Gasteiger partial charge < -0.3 is 10.0 Å². The number of aliphatic hydroxyl groups is 1. The van der Waals surface area contributed by atoms with E-state index < -0.39 is 6.10 Å². The van der Waals surface area contributed by atoms with E-state index in [1.54, 1.807) is 6.08 Å². The average Bonchev–Trinajstić information content (AvgIpc) is 2.98. The Morgan fingerprint density at radius 2 is 1.93 bits per heavy atom. The normalized spacial score (nSPS) is 44.0. The molecule has 0 bridgehead atoms. The molecule has 1 aromatic rings. The minimum Gasteiger partial charge on any atom is -0.388 e. The number of hydrogen-bond acceptors (Lipinski definition) is 2. The lowest BCUT2D eigenvalue weighted by atomic mass is 9.48. The highest BCUT2D eigenvalue weighted by atomic mass is 35.5. The molecule has 30 heavy (non-hydrogen) atoms. The molecule has 160 valence electrons. The number of halogens is 1. The van der Waals surface area contributed by atoms with Crippen LogP contribution in [0, 0.1) is 28.6 Å². The van der Waals surface area contributed by atoms with Crippen LogP contribution in [0.1, 0.15) is 51.5 Å². The molecule has 3 nitrogen and oxygen atoms in total. The fourth-order valence-corrected chi connectivity index (χ4v) is 7.72. The predicted octanol–water partition coefficient (Wildman–Crippen LogP) is 5.33. The van der Waals surface area contributed by atoms with Crippen molar-refractivity contribution in [1.82, 2.24) is 4.90 Å². The first kappa shape index (κ1) is 20.3. The molecule has 1 aliphatic heterocycles. The molecule has 0 saturated heterocycles. The molecule has 1 heterocycles. The maximum absolute atomic E-state index is 12.3. The van der Waals surface area contributed by atoms with Gasteiger partial charge in [0.05, 0.1) is 6.10 Å². The van der Waals surface area contributed by atoms with E-state index >= 15 is 0 Å². The van der Waals surface area contributed by atoms with E-state index in [4.69, 9.17) is 11.6 Å². The first-order chi connectivity index (χ1) is 14.3. The second-order valence-electron chi connectivity index (χ2n) is 10.5. The van der Waals surface area contributed by atoms with Crippen molar-refractivity contribution in [2.45, 2.75) is 58.1 Å². The zero-order valence-electron chi connectivity index (χ0n) is 18.1. The number of amides is 1. The van der Waals surface area contributed by atoms with Gasteiger partial charge in [-0.25, -0.2) is 0 Å². The maximum atomic E-state index is 12.3. The van der Waals surface area contributed by atoms with E-state index in [1.807, 2.05) is 36.2 Å². The number of likely N-dealkylation sites (N-methyl/N-ethyl adjacent to an activating group) is 1. The van der Waals surface area contributed by atoms with Crippen molar-refractivity contribution >= 4 is 23.6 Å². The van der Waals surface area contributed by atoms with Gasteiger partial charge in [0.25, 0.3) is 0 Å². The summed E-state index contributed by atoms with van der Waals surface area (Å²) < 4.78 is 0. The zero-order chi connectivity index (χ0) is 21.3. The van der Waals surface area contributed by atoms with Gasteiger partial charge in [0.2, 0.25) is 5.91 Å². The molecule has 0 radical (unpaired) electrons. The highest BCUT2D eigenvalue weighted by Crippen LogP contribution is 2.65. The molecule has 4 aliphatic rings. The smallest absolute Gasteiger partial charge is 0.246 e. The van der Waals surface area contributed by atoms with Crippen molar-refractivity contribution in [2.24, 2.45) is 28.6 Å². The van der Waals surface area contributed by atoms with Gasteiger partial charge in [0, 0.05) is 28.9 Å². The Balaban J connectivity index is 1.49. The van der Waals surface area contributed by atoms with Gasteiger partial charge in [-0.05, 0) is 73.1 Å². The second-order valence-corrected chi connectivity index (χ2v) is 10.9. The summed E-state index contributed by atoms with van der Waals surface area (Å²) in [6.45, 7) is 4.66. The number of carbonyl (C=O) groups is 1. The number of rotatable bonds is 1. The Morgan fingerprint density at radius 1 is 1.17 bits per heavy atom. The monoisotopic (exact) mass is 425 g/mol. The van der Waals surface area contributed by atoms with E-state index in [9.17, 15) is 9.90 Å². The van der Waals surface area contributed by atoms with Crippen LogP contribution in [0.25, 0.3) is 6.08 Å². The summed E-state index contributed by atoms with van der Waals surface area (Å²) in [5.74, 6) is 1.77. The summed E-state index contributed by atoms with van der Waals surface area (Å²) in [6.07, 6.45) is 11.0. The molecule has 3 aliphatic carbocycles. The van der Waals surface area contributed by atoms with Crippen LogP contribution >= 0.6 is 11.6 Å². The second kappa shape index (κ2) is 6.97. The van der Waals surface area contributed by atoms with Gasteiger partial charge in [-0.3, -0.25) is 4.79 Å². The standard InChI is InChI=1S/C26H32ClNO2/c1-25-13-11-23(29)28(3)22(25)9-8-18-19(25)10-12-26(2)20(18)15-17(24(26)30)14-16-6-4-5-7-21(16)27/h4-7,11,13-14,18-20,22,24,30H,8-10,12,15H2,1-3H3/t18-,19+,20+,22-,24+,25-,26+/m1/s1. The van der Waals surface area contributed by atoms with Gasteiger partial charge in [-0.1, -0.05) is 55.8 Å². The molecule has 7 atom stereocenters. The molecule has 1 aromatic carbocycles. The first-order valence-electron chi connectivity index (χ1n) is 11.3. The van der Waals surface area contributed by atoms with Gasteiger partial charge in [-0.2, -0.15) is 0 Å². The minimum absolute atomic E-state index is 0.0348. The van der Waals surface area contributed by atoms with E-state index in [1.165, 1.54) is 0 Å². The molecule has 4 heteroatoms. The molecule has 0 aromatic heterocycles. The molecule has 1 amide bonds. The van der Waals surface area contributed by atoms with Gasteiger partial charge in [0.1, 0.15) is 0 Å². The molecule has 3 saturated carbocycles. The van der Waals surface area contributed by atoms with E-state index in [2.05, 4.69) is 26.0 Å². The summed E-state index contributed by atoms with van der Waals surface area (Å²) in [5, 5.41) is 12.1. The van der Waals surface area contributed by atoms with Crippen LogP contribution in [0.3, 0.4) is 0 Å². The first-order valence-corrected chi connectivity index (χ1v) is 11.7. The average molecular weight is 426 g/mol. The molecule has 3 fully saturated rings. The van der Waals surface area contributed by atoms with E-state index in [0.29, 0.717) is 23.8 Å².